The summed E-state index contributed by atoms with van der Waals surface area (Å²) in [7, 11) is 0. The zero-order chi connectivity index (χ0) is 26.7. The summed E-state index contributed by atoms with van der Waals surface area (Å²) in [6.07, 6.45) is 1.16. The number of carbonyl (C=O) groups excluding carboxylic acids is 1. The lowest BCUT2D eigenvalue weighted by Gasteiger charge is -2.27. The molecular formula is C24H29N9O5. The fraction of sp³-hybridized carbons (Fsp3) is 0.500. The molecule has 5 atom stereocenters. The lowest BCUT2D eigenvalue weighted by atomic mass is 10.0. The highest BCUT2D eigenvalue weighted by molar-refractivity contribution is 5.81. The summed E-state index contributed by atoms with van der Waals surface area (Å²) in [5.74, 6) is -0.581. The molecule has 14 nitrogen and oxygen atoms in total. The number of nitrogens with zero attached hydrogens (tertiary/aromatic N) is 7. The van der Waals surface area contributed by atoms with E-state index < -0.39 is 42.5 Å². The Morgan fingerprint density at radius 3 is 2.84 bits per heavy atom. The number of hydrogen-bond donors (Lipinski definition) is 2. The largest absolute Gasteiger partial charge is 0.445 e. The van der Waals surface area contributed by atoms with E-state index in [0.29, 0.717) is 24.0 Å². The van der Waals surface area contributed by atoms with Crippen molar-refractivity contribution in [3.8, 4) is 0 Å². The van der Waals surface area contributed by atoms with E-state index in [0.717, 1.165) is 5.56 Å². The molecule has 0 spiro atoms. The van der Waals surface area contributed by atoms with Gasteiger partial charge in [0.2, 0.25) is 0 Å². The quantitative estimate of drug-likeness (QED) is 0.241. The Kier molecular flexibility index (Phi) is 7.29. The van der Waals surface area contributed by atoms with Crippen LogP contribution in [0.5, 0.6) is 0 Å². The van der Waals surface area contributed by atoms with E-state index in [1.807, 2.05) is 44.2 Å². The predicted octanol–water partition coefficient (Wildman–Crippen LogP) is 3.21. The summed E-state index contributed by atoms with van der Waals surface area (Å²) in [5.41, 5.74) is 16.6. The van der Waals surface area contributed by atoms with Crippen molar-refractivity contribution in [1.29, 1.82) is 0 Å². The summed E-state index contributed by atoms with van der Waals surface area (Å²) >= 11 is 0. The zero-order valence-corrected chi connectivity index (χ0v) is 21.0. The SMILES string of the molecule is CC1(C)O[C@@H]2[C@H](O1)[C@@H](CC(CCN=[N+]=[N-])NC(=O)OCc1ccccc1)O[C@H]2n1cnc2c(N)ncnc21. The van der Waals surface area contributed by atoms with Gasteiger partial charge >= 0.3 is 6.09 Å². The van der Waals surface area contributed by atoms with Gasteiger partial charge in [-0.15, -0.1) is 0 Å². The van der Waals surface area contributed by atoms with Crippen molar-refractivity contribution in [2.24, 2.45) is 5.11 Å². The van der Waals surface area contributed by atoms with Crippen molar-refractivity contribution >= 4 is 23.1 Å². The summed E-state index contributed by atoms with van der Waals surface area (Å²) in [6, 6.07) is 8.96. The van der Waals surface area contributed by atoms with Crippen LogP contribution in [0.2, 0.25) is 0 Å². The van der Waals surface area contributed by atoms with Gasteiger partial charge < -0.3 is 30.0 Å². The minimum absolute atomic E-state index is 0.131. The third kappa shape index (κ3) is 5.48. The van der Waals surface area contributed by atoms with Crippen LogP contribution in [-0.2, 0) is 25.6 Å². The van der Waals surface area contributed by atoms with E-state index in [1.54, 1.807) is 10.9 Å². The van der Waals surface area contributed by atoms with Gasteiger partial charge in [-0.05, 0) is 37.8 Å². The van der Waals surface area contributed by atoms with Crippen LogP contribution in [0.15, 0.2) is 48.1 Å². The first-order chi connectivity index (χ1) is 18.3. The van der Waals surface area contributed by atoms with Gasteiger partial charge in [0.05, 0.1) is 12.4 Å². The number of benzene rings is 1. The van der Waals surface area contributed by atoms with Crippen LogP contribution < -0.4 is 11.1 Å². The minimum atomic E-state index is -0.845. The molecule has 200 valence electrons. The molecule has 1 amide bonds. The third-order valence-electron chi connectivity index (χ3n) is 6.48. The molecule has 0 aliphatic carbocycles. The molecule has 2 aliphatic heterocycles. The van der Waals surface area contributed by atoms with Gasteiger partial charge in [0.15, 0.2) is 23.5 Å². The van der Waals surface area contributed by atoms with E-state index >= 15 is 0 Å². The summed E-state index contributed by atoms with van der Waals surface area (Å²) < 4.78 is 26.0. The average Bonchev–Trinajstić information content (AvgIpc) is 3.55. The number of azide groups is 1. The van der Waals surface area contributed by atoms with Crippen molar-refractivity contribution in [3.63, 3.8) is 0 Å². The van der Waals surface area contributed by atoms with E-state index in [2.05, 4.69) is 30.3 Å². The summed E-state index contributed by atoms with van der Waals surface area (Å²) in [4.78, 5) is 28.1. The molecule has 1 aromatic carbocycles. The number of alkyl carbamates (subject to hydrolysis) is 1. The number of fused-ring (bicyclic) bond motifs is 2. The molecule has 1 unspecified atom stereocenters. The molecule has 0 bridgehead atoms. The predicted molar refractivity (Wildman–Crippen MR) is 134 cm³/mol. The van der Waals surface area contributed by atoms with Gasteiger partial charge in [-0.3, -0.25) is 4.57 Å². The Morgan fingerprint density at radius 2 is 2.05 bits per heavy atom. The maximum absolute atomic E-state index is 12.6. The summed E-state index contributed by atoms with van der Waals surface area (Å²) in [6.45, 7) is 4.00. The average molecular weight is 524 g/mol. The lowest BCUT2D eigenvalue weighted by Crippen LogP contribution is -2.41. The second kappa shape index (κ2) is 10.8. The van der Waals surface area contributed by atoms with Crippen molar-refractivity contribution in [2.75, 3.05) is 12.3 Å². The van der Waals surface area contributed by atoms with Gasteiger partial charge in [0.25, 0.3) is 0 Å². The van der Waals surface area contributed by atoms with Gasteiger partial charge in [-0.1, -0.05) is 35.4 Å². The lowest BCUT2D eigenvalue weighted by molar-refractivity contribution is -0.197. The first-order valence-corrected chi connectivity index (χ1v) is 12.3. The summed E-state index contributed by atoms with van der Waals surface area (Å²) in [5, 5.41) is 6.51. The zero-order valence-electron chi connectivity index (χ0n) is 21.0. The van der Waals surface area contributed by atoms with Crippen LogP contribution in [-0.4, -0.2) is 62.3 Å². The normalized spacial score (nSPS) is 24.5. The van der Waals surface area contributed by atoms with Crippen LogP contribution in [0.3, 0.4) is 0 Å². The molecule has 0 radical (unpaired) electrons. The van der Waals surface area contributed by atoms with Crippen LogP contribution in [0.4, 0.5) is 10.6 Å². The molecule has 3 aromatic rings. The number of nitrogen functional groups attached to an aromatic ring is 1. The van der Waals surface area contributed by atoms with Gasteiger partial charge in [0.1, 0.15) is 30.7 Å². The van der Waals surface area contributed by atoms with Gasteiger partial charge in [-0.25, -0.2) is 19.7 Å². The molecular weight excluding hydrogens is 494 g/mol. The standard InChI is InChI=1S/C24H29N9O5/c1-24(2)37-18-16(36-22(19(18)38-24)33-13-29-17-20(25)27-12-28-21(17)33)10-15(8-9-30-32-26)31-23(34)35-11-14-6-4-3-5-7-14/h3-7,12-13,15-16,18-19,22H,8-11H2,1-2H3,(H,31,34)(H2,25,27,28)/t15?,16-,18-,19-,22-/m1/s1. The number of carbonyl (C=O) groups is 1. The number of nitrogens with two attached hydrogens (primary N) is 1. The van der Waals surface area contributed by atoms with Crippen molar-refractivity contribution in [2.45, 2.75) is 69.7 Å². The third-order valence-corrected chi connectivity index (χ3v) is 6.48. The molecule has 2 saturated heterocycles. The van der Waals surface area contributed by atoms with Crippen LogP contribution >= 0.6 is 0 Å². The Bertz CT molecular complexity index is 1330. The molecule has 5 rings (SSSR count). The molecule has 2 aromatic heterocycles. The first-order valence-electron chi connectivity index (χ1n) is 12.3. The van der Waals surface area contributed by atoms with Crippen LogP contribution in [0.1, 0.15) is 38.5 Å². The number of anilines is 1. The van der Waals surface area contributed by atoms with Crippen molar-refractivity contribution in [3.05, 3.63) is 59.0 Å². The van der Waals surface area contributed by atoms with E-state index in [1.165, 1.54) is 6.33 Å². The Balaban J connectivity index is 1.33. The highest BCUT2D eigenvalue weighted by atomic mass is 16.8. The van der Waals surface area contributed by atoms with E-state index in [-0.39, 0.29) is 19.0 Å². The first kappa shape index (κ1) is 25.7. The highest BCUT2D eigenvalue weighted by Gasteiger charge is 2.56. The number of imidazole rings is 1. The molecule has 3 N–H and O–H groups in total. The van der Waals surface area contributed by atoms with Crippen LogP contribution in [0, 0.1) is 0 Å². The molecule has 2 fully saturated rings. The molecule has 2 aliphatic rings. The minimum Gasteiger partial charge on any atom is -0.445 e. The van der Waals surface area contributed by atoms with Gasteiger partial charge in [0, 0.05) is 17.5 Å². The molecule has 38 heavy (non-hydrogen) atoms. The van der Waals surface area contributed by atoms with Crippen molar-refractivity contribution in [1.82, 2.24) is 24.8 Å². The van der Waals surface area contributed by atoms with Crippen molar-refractivity contribution < 1.29 is 23.7 Å². The molecule has 4 heterocycles. The Morgan fingerprint density at radius 1 is 1.26 bits per heavy atom. The maximum Gasteiger partial charge on any atom is 0.407 e. The van der Waals surface area contributed by atoms with Gasteiger partial charge in [-0.2, -0.15) is 0 Å². The van der Waals surface area contributed by atoms with E-state index in [9.17, 15) is 4.79 Å². The number of rotatable bonds is 9. The highest BCUT2D eigenvalue weighted by Crippen LogP contribution is 2.45. The van der Waals surface area contributed by atoms with E-state index in [4.69, 9.17) is 30.2 Å². The molecule has 0 saturated carbocycles. The maximum atomic E-state index is 12.6. The number of ether oxygens (including phenoxy) is 4. The fourth-order valence-corrected chi connectivity index (χ4v) is 4.85. The Hall–Kier alpha value is -3.97. The van der Waals surface area contributed by atoms with Crippen LogP contribution in [0.25, 0.3) is 21.6 Å². The Labute approximate surface area is 218 Å². The monoisotopic (exact) mass is 523 g/mol. The second-order valence-corrected chi connectivity index (χ2v) is 9.59. The molecule has 14 heteroatoms. The smallest absolute Gasteiger partial charge is 0.407 e. The number of amides is 1. The topological polar surface area (TPSA) is 184 Å². The number of aromatic nitrogens is 4. The number of hydrogen-bond acceptors (Lipinski definition) is 10. The fourth-order valence-electron chi connectivity index (χ4n) is 4.85. The second-order valence-electron chi connectivity index (χ2n) is 9.59. The number of nitrogens with one attached hydrogen (secondary N) is 1.